The molecular formula is C14H11BrF3N. The van der Waals surface area contributed by atoms with Crippen molar-refractivity contribution in [1.29, 1.82) is 0 Å². The first-order valence-electron chi connectivity index (χ1n) is 5.65. The lowest BCUT2D eigenvalue weighted by molar-refractivity contribution is 0.568. The van der Waals surface area contributed by atoms with Crippen molar-refractivity contribution in [1.82, 2.24) is 5.32 Å². The second-order valence-corrected chi connectivity index (χ2v) is 4.94. The largest absolute Gasteiger partial charge is 0.309 e. The molecule has 2 aromatic carbocycles. The van der Waals surface area contributed by atoms with Gasteiger partial charge in [-0.2, -0.15) is 0 Å². The number of benzene rings is 2. The molecule has 2 rings (SSSR count). The highest BCUT2D eigenvalue weighted by atomic mass is 79.9. The van der Waals surface area contributed by atoms with E-state index in [4.69, 9.17) is 0 Å². The summed E-state index contributed by atoms with van der Waals surface area (Å²) < 4.78 is 39.7. The highest BCUT2D eigenvalue weighted by molar-refractivity contribution is 9.10. The maximum Gasteiger partial charge on any atom is 0.137 e. The molecule has 0 aliphatic heterocycles. The molecule has 0 heterocycles. The third-order valence-corrected chi connectivity index (χ3v) is 3.24. The molecule has 5 heteroatoms. The molecule has 1 N–H and O–H groups in total. The Hall–Kier alpha value is -1.33. The maximum absolute atomic E-state index is 13.3. The van der Waals surface area contributed by atoms with Crippen LogP contribution in [0.4, 0.5) is 13.2 Å². The molecule has 0 aromatic heterocycles. The van der Waals surface area contributed by atoms with Crippen molar-refractivity contribution in [2.75, 3.05) is 0 Å². The lowest BCUT2D eigenvalue weighted by atomic mass is 10.2. The van der Waals surface area contributed by atoms with Gasteiger partial charge in [-0.1, -0.05) is 6.07 Å². The molecule has 0 fully saturated rings. The first-order valence-corrected chi connectivity index (χ1v) is 6.44. The molecule has 0 amide bonds. The minimum Gasteiger partial charge on any atom is -0.309 e. The molecule has 1 nitrogen and oxygen atoms in total. The van der Waals surface area contributed by atoms with Gasteiger partial charge in [0.2, 0.25) is 0 Å². The van der Waals surface area contributed by atoms with E-state index in [-0.39, 0.29) is 17.9 Å². The molecular weight excluding hydrogens is 319 g/mol. The Bertz CT molecular complexity index is 587. The maximum atomic E-state index is 13.3. The van der Waals surface area contributed by atoms with E-state index in [1.54, 1.807) is 12.1 Å². The van der Waals surface area contributed by atoms with Crippen LogP contribution in [0.5, 0.6) is 0 Å². The minimum atomic E-state index is -0.470. The van der Waals surface area contributed by atoms with Crippen molar-refractivity contribution in [2.24, 2.45) is 0 Å². The Morgan fingerprint density at radius 1 is 0.895 bits per heavy atom. The average Bonchev–Trinajstić information content (AvgIpc) is 2.38. The Balaban J connectivity index is 1.96. The van der Waals surface area contributed by atoms with Gasteiger partial charge in [0.15, 0.2) is 0 Å². The zero-order chi connectivity index (χ0) is 13.8. The Morgan fingerprint density at radius 3 is 2.37 bits per heavy atom. The highest BCUT2D eigenvalue weighted by Crippen LogP contribution is 2.17. The summed E-state index contributed by atoms with van der Waals surface area (Å²) in [7, 11) is 0. The zero-order valence-corrected chi connectivity index (χ0v) is 11.5. The van der Waals surface area contributed by atoms with Gasteiger partial charge in [0.25, 0.3) is 0 Å². The van der Waals surface area contributed by atoms with Crippen LogP contribution in [0.1, 0.15) is 11.1 Å². The lowest BCUT2D eigenvalue weighted by Gasteiger charge is -2.07. The van der Waals surface area contributed by atoms with Crippen LogP contribution >= 0.6 is 15.9 Å². The Morgan fingerprint density at radius 2 is 1.63 bits per heavy atom. The van der Waals surface area contributed by atoms with Gasteiger partial charge in [-0.15, -0.1) is 0 Å². The van der Waals surface area contributed by atoms with Crippen LogP contribution < -0.4 is 5.32 Å². The fourth-order valence-electron chi connectivity index (χ4n) is 1.67. The van der Waals surface area contributed by atoms with E-state index in [9.17, 15) is 13.2 Å². The third-order valence-electron chi connectivity index (χ3n) is 2.64. The smallest absolute Gasteiger partial charge is 0.137 e. The van der Waals surface area contributed by atoms with Crippen molar-refractivity contribution in [3.63, 3.8) is 0 Å². The van der Waals surface area contributed by atoms with Crippen LogP contribution in [-0.4, -0.2) is 0 Å². The molecule has 0 atom stereocenters. The summed E-state index contributed by atoms with van der Waals surface area (Å²) in [5.74, 6) is -1.25. The standard InChI is InChI=1S/C14H11BrF3N/c15-12-5-9(1-3-14(12)18)7-19-8-10-6-11(16)2-4-13(10)17/h1-6,19H,7-8H2. The molecule has 0 saturated heterocycles. The summed E-state index contributed by atoms with van der Waals surface area (Å²) >= 11 is 3.09. The molecule has 0 spiro atoms. The number of nitrogens with one attached hydrogen (secondary N) is 1. The molecule has 19 heavy (non-hydrogen) atoms. The van der Waals surface area contributed by atoms with E-state index in [2.05, 4.69) is 21.2 Å². The molecule has 0 bridgehead atoms. The quantitative estimate of drug-likeness (QED) is 0.888. The van der Waals surface area contributed by atoms with Crippen LogP contribution in [0.3, 0.4) is 0 Å². The lowest BCUT2D eigenvalue weighted by Crippen LogP contribution is -2.14. The Kier molecular flexibility index (Phi) is 4.61. The van der Waals surface area contributed by atoms with E-state index in [0.717, 1.165) is 23.8 Å². The second kappa shape index (κ2) is 6.21. The van der Waals surface area contributed by atoms with E-state index >= 15 is 0 Å². The summed E-state index contributed by atoms with van der Waals surface area (Å²) in [6, 6.07) is 7.96. The van der Waals surface area contributed by atoms with Crippen LogP contribution in [0, 0.1) is 17.5 Å². The van der Waals surface area contributed by atoms with Crippen molar-refractivity contribution in [3.05, 3.63) is 69.4 Å². The van der Waals surface area contributed by atoms with E-state index in [0.29, 0.717) is 11.0 Å². The van der Waals surface area contributed by atoms with Crippen LogP contribution in [-0.2, 0) is 13.1 Å². The Labute approximate surface area is 117 Å². The number of halogens is 4. The second-order valence-electron chi connectivity index (χ2n) is 4.09. The van der Waals surface area contributed by atoms with Crippen LogP contribution in [0.15, 0.2) is 40.9 Å². The SMILES string of the molecule is Fc1ccc(F)c(CNCc2ccc(F)c(Br)c2)c1. The number of hydrogen-bond donors (Lipinski definition) is 1. The number of rotatable bonds is 4. The first-order chi connectivity index (χ1) is 9.06. The van der Waals surface area contributed by atoms with Gasteiger partial charge in [0.1, 0.15) is 17.5 Å². The summed E-state index contributed by atoms with van der Waals surface area (Å²) in [5, 5.41) is 2.98. The van der Waals surface area contributed by atoms with Gasteiger partial charge in [-0.3, -0.25) is 0 Å². The fourth-order valence-corrected chi connectivity index (χ4v) is 2.10. The van der Waals surface area contributed by atoms with Crippen molar-refractivity contribution in [3.8, 4) is 0 Å². The number of hydrogen-bond acceptors (Lipinski definition) is 1. The molecule has 100 valence electrons. The van der Waals surface area contributed by atoms with Gasteiger partial charge in [-0.05, 0) is 51.8 Å². The predicted octanol–water partition coefficient (Wildman–Crippen LogP) is 4.16. The topological polar surface area (TPSA) is 12.0 Å². The summed E-state index contributed by atoms with van der Waals surface area (Å²) in [6.45, 7) is 0.646. The summed E-state index contributed by atoms with van der Waals surface area (Å²) in [5.41, 5.74) is 1.12. The van der Waals surface area contributed by atoms with Gasteiger partial charge in [0.05, 0.1) is 4.47 Å². The molecule has 2 aromatic rings. The first kappa shape index (κ1) is 14.1. The van der Waals surface area contributed by atoms with E-state index < -0.39 is 11.6 Å². The third kappa shape index (κ3) is 3.81. The van der Waals surface area contributed by atoms with Crippen LogP contribution in [0.25, 0.3) is 0 Å². The monoisotopic (exact) mass is 329 g/mol. The van der Waals surface area contributed by atoms with Crippen molar-refractivity contribution >= 4 is 15.9 Å². The van der Waals surface area contributed by atoms with Crippen molar-refractivity contribution in [2.45, 2.75) is 13.1 Å². The normalized spacial score (nSPS) is 10.7. The van der Waals surface area contributed by atoms with E-state index in [1.807, 2.05) is 0 Å². The minimum absolute atomic E-state index is 0.207. The van der Waals surface area contributed by atoms with Gasteiger partial charge in [-0.25, -0.2) is 13.2 Å². The average molecular weight is 330 g/mol. The summed E-state index contributed by atoms with van der Waals surface area (Å²) in [6.07, 6.45) is 0. The van der Waals surface area contributed by atoms with Crippen molar-refractivity contribution < 1.29 is 13.2 Å². The molecule has 0 saturated carbocycles. The van der Waals surface area contributed by atoms with E-state index in [1.165, 1.54) is 6.07 Å². The molecule has 0 unspecified atom stereocenters. The zero-order valence-electron chi connectivity index (χ0n) is 9.89. The van der Waals surface area contributed by atoms with Gasteiger partial charge < -0.3 is 5.32 Å². The summed E-state index contributed by atoms with van der Waals surface area (Å²) in [4.78, 5) is 0. The van der Waals surface area contributed by atoms with Crippen LogP contribution in [0.2, 0.25) is 0 Å². The van der Waals surface area contributed by atoms with Gasteiger partial charge >= 0.3 is 0 Å². The fraction of sp³-hybridized carbons (Fsp3) is 0.143. The highest BCUT2D eigenvalue weighted by Gasteiger charge is 2.04. The molecule has 0 radical (unpaired) electrons. The molecule has 0 aliphatic rings. The molecule has 0 aliphatic carbocycles. The predicted molar refractivity (Wildman–Crippen MR) is 71.0 cm³/mol. The van der Waals surface area contributed by atoms with Gasteiger partial charge in [0, 0.05) is 18.7 Å².